The van der Waals surface area contributed by atoms with Crippen LogP contribution in [-0.2, 0) is 9.53 Å². The largest absolute Gasteiger partial charge is 0.468 e. The van der Waals surface area contributed by atoms with Crippen LogP contribution in [0.25, 0.3) is 21.5 Å². The number of rotatable bonds is 5. The van der Waals surface area contributed by atoms with E-state index in [9.17, 15) is 4.79 Å². The molecule has 0 radical (unpaired) electrons. The summed E-state index contributed by atoms with van der Waals surface area (Å²) in [5, 5.41) is 4.92. The molecule has 0 spiro atoms. The van der Waals surface area contributed by atoms with Crippen LogP contribution in [0, 0.1) is 0 Å². The fourth-order valence-corrected chi connectivity index (χ4v) is 4.44. The molecule has 4 aromatic rings. The zero-order valence-electron chi connectivity index (χ0n) is 15.1. The lowest BCUT2D eigenvalue weighted by Crippen LogP contribution is -2.07. The van der Waals surface area contributed by atoms with Crippen molar-refractivity contribution in [3.63, 3.8) is 0 Å². The molecule has 27 heavy (non-hydrogen) atoms. The van der Waals surface area contributed by atoms with Gasteiger partial charge in [-0.15, -0.1) is 11.8 Å². The summed E-state index contributed by atoms with van der Waals surface area (Å²) in [7, 11) is 1.43. The molecule has 0 fully saturated rings. The molecule has 2 nitrogen and oxygen atoms in total. The minimum absolute atomic E-state index is 0.0679. The number of hydrogen-bond donors (Lipinski definition) is 0. The molecular weight excluding hydrogens is 352 g/mol. The Morgan fingerprint density at radius 2 is 1.26 bits per heavy atom. The molecule has 0 aliphatic carbocycles. The highest BCUT2D eigenvalue weighted by molar-refractivity contribution is 8.00. The fourth-order valence-electron chi connectivity index (χ4n) is 3.34. The summed E-state index contributed by atoms with van der Waals surface area (Å²) in [6.45, 7) is 0. The van der Waals surface area contributed by atoms with Crippen LogP contribution >= 0.6 is 11.8 Å². The van der Waals surface area contributed by atoms with Crippen LogP contribution in [0.1, 0.15) is 16.4 Å². The first kappa shape index (κ1) is 17.6. The van der Waals surface area contributed by atoms with E-state index < -0.39 is 0 Å². The van der Waals surface area contributed by atoms with E-state index in [1.165, 1.54) is 39.8 Å². The van der Waals surface area contributed by atoms with Gasteiger partial charge in [0, 0.05) is 0 Å². The summed E-state index contributed by atoms with van der Waals surface area (Å²) >= 11 is 1.60. The highest BCUT2D eigenvalue weighted by Crippen LogP contribution is 2.38. The molecule has 0 heterocycles. The van der Waals surface area contributed by atoms with Gasteiger partial charge in [-0.3, -0.25) is 4.79 Å². The lowest BCUT2D eigenvalue weighted by atomic mass is 9.98. The Morgan fingerprint density at radius 1 is 0.778 bits per heavy atom. The Balaban J connectivity index is 1.77. The van der Waals surface area contributed by atoms with Crippen molar-refractivity contribution in [3.8, 4) is 0 Å². The number of carbonyl (C=O) groups is 1. The third-order valence-corrected chi connectivity index (χ3v) is 6.03. The van der Waals surface area contributed by atoms with Gasteiger partial charge in [-0.1, -0.05) is 72.8 Å². The van der Waals surface area contributed by atoms with Gasteiger partial charge in [0.25, 0.3) is 0 Å². The first-order chi connectivity index (χ1) is 13.2. The average molecular weight is 372 g/mol. The quantitative estimate of drug-likeness (QED) is 0.403. The van der Waals surface area contributed by atoms with E-state index in [0.717, 1.165) is 0 Å². The van der Waals surface area contributed by atoms with Crippen LogP contribution in [0.15, 0.2) is 84.9 Å². The fraction of sp³-hybridized carbons (Fsp3) is 0.125. The minimum Gasteiger partial charge on any atom is -0.468 e. The highest BCUT2D eigenvalue weighted by atomic mass is 32.2. The van der Waals surface area contributed by atoms with Gasteiger partial charge in [-0.25, -0.2) is 0 Å². The Bertz CT molecular complexity index is 1020. The number of fused-ring (bicyclic) bond motifs is 2. The smallest absolute Gasteiger partial charge is 0.315 e. The van der Waals surface area contributed by atoms with E-state index in [0.29, 0.717) is 5.75 Å². The van der Waals surface area contributed by atoms with E-state index >= 15 is 0 Å². The van der Waals surface area contributed by atoms with Crippen molar-refractivity contribution in [2.24, 2.45) is 0 Å². The molecule has 0 atom stereocenters. The van der Waals surface area contributed by atoms with E-state index in [2.05, 4.69) is 84.9 Å². The van der Waals surface area contributed by atoms with Crippen LogP contribution in [0.4, 0.5) is 0 Å². The molecule has 0 saturated heterocycles. The van der Waals surface area contributed by atoms with Crippen LogP contribution in [0.2, 0.25) is 0 Å². The van der Waals surface area contributed by atoms with E-state index in [1.54, 1.807) is 11.8 Å². The van der Waals surface area contributed by atoms with E-state index in [1.807, 2.05) is 0 Å². The third kappa shape index (κ3) is 3.83. The molecule has 0 aromatic heterocycles. The summed E-state index contributed by atoms with van der Waals surface area (Å²) in [6, 6.07) is 29.8. The maximum Gasteiger partial charge on any atom is 0.315 e. The highest BCUT2D eigenvalue weighted by Gasteiger charge is 2.18. The van der Waals surface area contributed by atoms with Crippen molar-refractivity contribution in [2.45, 2.75) is 5.25 Å². The van der Waals surface area contributed by atoms with Gasteiger partial charge < -0.3 is 4.74 Å². The zero-order valence-corrected chi connectivity index (χ0v) is 15.9. The number of thioether (sulfide) groups is 1. The van der Waals surface area contributed by atoms with Gasteiger partial charge in [0.15, 0.2) is 0 Å². The van der Waals surface area contributed by atoms with Crippen molar-refractivity contribution >= 4 is 39.3 Å². The van der Waals surface area contributed by atoms with Crippen molar-refractivity contribution in [3.05, 3.63) is 96.1 Å². The number of ether oxygens (including phenoxy) is 1. The SMILES string of the molecule is COC(=O)CSC(c1ccc2ccccc2c1)c1ccc2ccccc2c1. The molecular formula is C24H20O2S. The zero-order chi connectivity index (χ0) is 18.6. The average Bonchev–Trinajstić information content (AvgIpc) is 2.73. The molecule has 4 aromatic carbocycles. The van der Waals surface area contributed by atoms with E-state index in [-0.39, 0.29) is 11.2 Å². The number of methoxy groups -OCH3 is 1. The Labute approximate surface area is 163 Å². The predicted molar refractivity (Wildman–Crippen MR) is 114 cm³/mol. The summed E-state index contributed by atoms with van der Waals surface area (Å²) in [5.74, 6) is 0.118. The van der Waals surface area contributed by atoms with Crippen LogP contribution in [0.3, 0.4) is 0 Å². The van der Waals surface area contributed by atoms with Crippen LogP contribution in [-0.4, -0.2) is 18.8 Å². The molecule has 0 amide bonds. The standard InChI is InChI=1S/C24H20O2S/c1-26-23(25)16-27-24(21-12-10-17-6-2-4-8-19(17)14-21)22-13-11-18-7-3-5-9-20(18)15-22/h2-15,24H,16H2,1H3. The minimum atomic E-state index is -0.202. The summed E-state index contributed by atoms with van der Waals surface area (Å²) in [4.78, 5) is 11.8. The van der Waals surface area contributed by atoms with Gasteiger partial charge in [-0.2, -0.15) is 0 Å². The van der Waals surface area contributed by atoms with Gasteiger partial charge in [0.1, 0.15) is 0 Å². The van der Waals surface area contributed by atoms with Crippen molar-refractivity contribution in [2.75, 3.05) is 12.9 Å². The molecule has 0 aliphatic heterocycles. The Morgan fingerprint density at radius 3 is 1.74 bits per heavy atom. The van der Waals surface area contributed by atoms with Crippen LogP contribution in [0.5, 0.6) is 0 Å². The second kappa shape index (κ2) is 7.85. The second-order valence-corrected chi connectivity index (χ2v) is 7.57. The number of carbonyl (C=O) groups excluding carboxylic acids is 1. The number of esters is 1. The lowest BCUT2D eigenvalue weighted by Gasteiger charge is -2.18. The van der Waals surface area contributed by atoms with E-state index in [4.69, 9.17) is 4.74 Å². The van der Waals surface area contributed by atoms with Gasteiger partial charge in [0.05, 0.1) is 18.1 Å². The lowest BCUT2D eigenvalue weighted by molar-refractivity contribution is -0.137. The summed E-state index contributed by atoms with van der Waals surface area (Å²) in [6.07, 6.45) is 0. The number of hydrogen-bond acceptors (Lipinski definition) is 3. The predicted octanol–water partition coefficient (Wildman–Crippen LogP) is 5.99. The molecule has 3 heteroatoms. The first-order valence-corrected chi connectivity index (χ1v) is 9.95. The van der Waals surface area contributed by atoms with Gasteiger partial charge in [-0.05, 0) is 44.8 Å². The topological polar surface area (TPSA) is 26.3 Å². The number of benzene rings is 4. The van der Waals surface area contributed by atoms with Crippen molar-refractivity contribution < 1.29 is 9.53 Å². The maximum absolute atomic E-state index is 11.8. The summed E-state index contributed by atoms with van der Waals surface area (Å²) < 4.78 is 4.85. The molecule has 0 N–H and O–H groups in total. The summed E-state index contributed by atoms with van der Waals surface area (Å²) in [5.41, 5.74) is 2.38. The first-order valence-electron chi connectivity index (χ1n) is 8.90. The van der Waals surface area contributed by atoms with Gasteiger partial charge >= 0.3 is 5.97 Å². The molecule has 0 bridgehead atoms. The molecule has 4 rings (SSSR count). The second-order valence-electron chi connectivity index (χ2n) is 6.48. The third-order valence-electron chi connectivity index (χ3n) is 4.75. The normalized spacial score (nSPS) is 11.2. The monoisotopic (exact) mass is 372 g/mol. The van der Waals surface area contributed by atoms with Crippen LogP contribution < -0.4 is 0 Å². The molecule has 0 aliphatic rings. The Kier molecular flexibility index (Phi) is 5.12. The Hall–Kier alpha value is -2.78. The molecule has 0 saturated carbocycles. The van der Waals surface area contributed by atoms with Gasteiger partial charge in [0.2, 0.25) is 0 Å². The van der Waals surface area contributed by atoms with Crippen molar-refractivity contribution in [1.29, 1.82) is 0 Å². The maximum atomic E-state index is 11.8. The molecule has 0 unspecified atom stereocenters. The van der Waals surface area contributed by atoms with Crippen molar-refractivity contribution in [1.82, 2.24) is 0 Å². The molecule has 134 valence electrons.